The molecule has 0 atom stereocenters. The van der Waals surface area contributed by atoms with Gasteiger partial charge in [0.15, 0.2) is 0 Å². The van der Waals surface area contributed by atoms with Crippen LogP contribution in [0.15, 0.2) is 16.7 Å². The topological polar surface area (TPSA) is 36.4 Å². The maximum Gasteiger partial charge on any atom is 0.255 e. The highest BCUT2D eigenvalue weighted by Gasteiger charge is 2.26. The van der Waals surface area contributed by atoms with Gasteiger partial charge in [-0.1, -0.05) is 11.6 Å². The van der Waals surface area contributed by atoms with Crippen LogP contribution >= 0.6 is 27.5 Å². The third-order valence-electron chi connectivity index (χ3n) is 3.35. The smallest absolute Gasteiger partial charge is 0.255 e. The van der Waals surface area contributed by atoms with E-state index in [-0.39, 0.29) is 5.91 Å². The third-order valence-corrected chi connectivity index (χ3v) is 4.48. The third kappa shape index (κ3) is 3.91. The molecule has 0 unspecified atom stereocenters. The van der Waals surface area contributed by atoms with Crippen LogP contribution in [0.25, 0.3) is 0 Å². The van der Waals surface area contributed by atoms with Crippen LogP contribution in [0.4, 0.5) is 0 Å². The average molecular weight is 347 g/mol. The summed E-state index contributed by atoms with van der Waals surface area (Å²) in [5, 5.41) is 0.368. The number of carbonyl (C=O) groups is 1. The molecule has 2 rings (SSSR count). The van der Waals surface area contributed by atoms with Crippen molar-refractivity contribution in [3.8, 4) is 0 Å². The number of halogens is 2. The van der Waals surface area contributed by atoms with Gasteiger partial charge in [-0.2, -0.15) is 0 Å². The van der Waals surface area contributed by atoms with E-state index in [0.717, 1.165) is 12.6 Å². The van der Waals surface area contributed by atoms with Crippen molar-refractivity contribution >= 4 is 33.4 Å². The first kappa shape index (κ1) is 14.8. The van der Waals surface area contributed by atoms with Crippen LogP contribution in [-0.2, 0) is 0 Å². The van der Waals surface area contributed by atoms with E-state index >= 15 is 0 Å². The Kier molecular flexibility index (Phi) is 4.81. The molecule has 0 N–H and O–H groups in total. The minimum atomic E-state index is -0.0333. The largest absolute Gasteiger partial charge is 0.340 e. The molecule has 1 fully saturated rings. The summed E-state index contributed by atoms with van der Waals surface area (Å²) in [7, 11) is 3.92. The summed E-state index contributed by atoms with van der Waals surface area (Å²) in [6.07, 6.45) is 4.07. The zero-order valence-corrected chi connectivity index (χ0v) is 13.4. The first-order valence-corrected chi connectivity index (χ1v) is 7.43. The molecule has 1 aliphatic carbocycles. The standard InChI is InChI=1S/C13H17BrClN3O/c1-17(10-3-4-10)5-6-18(2)13(19)9-7-11(14)12(15)16-8-9/h7-8,10H,3-6H2,1-2H3. The monoisotopic (exact) mass is 345 g/mol. The highest BCUT2D eigenvalue weighted by molar-refractivity contribution is 9.10. The molecular formula is C13H17BrClN3O. The minimum absolute atomic E-state index is 0.0333. The van der Waals surface area contributed by atoms with E-state index in [1.165, 1.54) is 19.0 Å². The molecule has 0 spiro atoms. The van der Waals surface area contributed by atoms with Gasteiger partial charge in [-0.05, 0) is 41.9 Å². The first-order chi connectivity index (χ1) is 8.99. The van der Waals surface area contributed by atoms with Crippen molar-refractivity contribution in [1.29, 1.82) is 0 Å². The van der Waals surface area contributed by atoms with Crippen molar-refractivity contribution in [3.63, 3.8) is 0 Å². The van der Waals surface area contributed by atoms with Crippen molar-refractivity contribution in [3.05, 3.63) is 27.5 Å². The number of hydrogen-bond acceptors (Lipinski definition) is 3. The lowest BCUT2D eigenvalue weighted by Crippen LogP contribution is -2.35. The van der Waals surface area contributed by atoms with Crippen LogP contribution in [0, 0.1) is 0 Å². The molecule has 0 saturated heterocycles. The Morgan fingerprint density at radius 1 is 1.47 bits per heavy atom. The summed E-state index contributed by atoms with van der Waals surface area (Å²) >= 11 is 9.10. The van der Waals surface area contributed by atoms with Gasteiger partial charge in [0.2, 0.25) is 0 Å². The van der Waals surface area contributed by atoms with Gasteiger partial charge in [0, 0.05) is 32.4 Å². The van der Waals surface area contributed by atoms with Gasteiger partial charge in [-0.15, -0.1) is 0 Å². The summed E-state index contributed by atoms with van der Waals surface area (Å²) in [6.45, 7) is 1.61. The van der Waals surface area contributed by atoms with E-state index in [4.69, 9.17) is 11.6 Å². The van der Waals surface area contributed by atoms with E-state index in [1.54, 1.807) is 11.0 Å². The van der Waals surface area contributed by atoms with Crippen molar-refractivity contribution in [1.82, 2.24) is 14.8 Å². The van der Waals surface area contributed by atoms with Gasteiger partial charge in [0.25, 0.3) is 5.91 Å². The number of nitrogens with zero attached hydrogens (tertiary/aromatic N) is 3. The Morgan fingerprint density at radius 2 is 2.16 bits per heavy atom. The number of carbonyl (C=O) groups excluding carboxylic acids is 1. The Morgan fingerprint density at radius 3 is 2.74 bits per heavy atom. The Hall–Kier alpha value is -0.650. The summed E-state index contributed by atoms with van der Waals surface area (Å²) in [6, 6.07) is 2.42. The van der Waals surface area contributed by atoms with E-state index in [9.17, 15) is 4.79 Å². The maximum absolute atomic E-state index is 12.2. The molecule has 104 valence electrons. The first-order valence-electron chi connectivity index (χ1n) is 6.26. The summed E-state index contributed by atoms with van der Waals surface area (Å²) in [5.41, 5.74) is 0.549. The van der Waals surface area contributed by atoms with Crippen LogP contribution in [-0.4, -0.2) is 53.9 Å². The molecule has 19 heavy (non-hydrogen) atoms. The number of amides is 1. The molecule has 1 aromatic heterocycles. The molecule has 0 bridgehead atoms. The average Bonchev–Trinajstić information content (AvgIpc) is 3.22. The van der Waals surface area contributed by atoms with Crippen molar-refractivity contribution in [2.24, 2.45) is 0 Å². The van der Waals surface area contributed by atoms with E-state index < -0.39 is 0 Å². The molecule has 0 aromatic carbocycles. The zero-order valence-electron chi connectivity index (χ0n) is 11.1. The predicted octanol–water partition coefficient (Wildman–Crippen LogP) is 2.66. The van der Waals surface area contributed by atoms with Crippen LogP contribution in [0.2, 0.25) is 5.15 Å². The molecule has 0 radical (unpaired) electrons. The van der Waals surface area contributed by atoms with Gasteiger partial charge < -0.3 is 9.80 Å². The molecule has 1 aliphatic rings. The highest BCUT2D eigenvalue weighted by Crippen LogP contribution is 2.25. The second kappa shape index (κ2) is 6.20. The fourth-order valence-electron chi connectivity index (χ4n) is 1.87. The summed E-state index contributed by atoms with van der Waals surface area (Å²) in [4.78, 5) is 20.2. The number of aromatic nitrogens is 1. The fourth-order valence-corrected chi connectivity index (χ4v) is 2.32. The van der Waals surface area contributed by atoms with Gasteiger partial charge in [-0.25, -0.2) is 4.98 Å². The molecule has 4 nitrogen and oxygen atoms in total. The van der Waals surface area contributed by atoms with Gasteiger partial charge in [0.1, 0.15) is 5.15 Å². The normalized spacial score (nSPS) is 14.8. The zero-order chi connectivity index (χ0) is 14.0. The van der Waals surface area contributed by atoms with Gasteiger partial charge in [0.05, 0.1) is 10.0 Å². The Bertz CT molecular complexity index is 479. The number of pyridine rings is 1. The molecule has 6 heteroatoms. The summed E-state index contributed by atoms with van der Waals surface area (Å²) < 4.78 is 0.642. The predicted molar refractivity (Wildman–Crippen MR) is 79.6 cm³/mol. The van der Waals surface area contributed by atoms with E-state index in [2.05, 4.69) is 32.9 Å². The SMILES string of the molecule is CN(CCN(C)C1CC1)C(=O)c1cnc(Cl)c(Br)c1. The lowest BCUT2D eigenvalue weighted by Gasteiger charge is -2.22. The second-order valence-electron chi connectivity index (χ2n) is 4.94. The summed E-state index contributed by atoms with van der Waals surface area (Å²) in [5.74, 6) is -0.0333. The van der Waals surface area contributed by atoms with Crippen molar-refractivity contribution in [2.75, 3.05) is 27.2 Å². The molecule has 1 aromatic rings. The second-order valence-corrected chi connectivity index (χ2v) is 6.15. The van der Waals surface area contributed by atoms with E-state index in [0.29, 0.717) is 21.7 Å². The van der Waals surface area contributed by atoms with E-state index in [1.807, 2.05) is 7.05 Å². The van der Waals surface area contributed by atoms with Crippen LogP contribution in [0.1, 0.15) is 23.2 Å². The molecule has 0 aliphatic heterocycles. The lowest BCUT2D eigenvalue weighted by atomic mass is 10.2. The lowest BCUT2D eigenvalue weighted by molar-refractivity contribution is 0.0781. The number of hydrogen-bond donors (Lipinski definition) is 0. The van der Waals surface area contributed by atoms with Crippen LogP contribution in [0.3, 0.4) is 0 Å². The molecular weight excluding hydrogens is 330 g/mol. The van der Waals surface area contributed by atoms with Crippen molar-refractivity contribution < 1.29 is 4.79 Å². The highest BCUT2D eigenvalue weighted by atomic mass is 79.9. The van der Waals surface area contributed by atoms with Crippen molar-refractivity contribution in [2.45, 2.75) is 18.9 Å². The number of likely N-dealkylation sites (N-methyl/N-ethyl adjacent to an activating group) is 2. The molecule has 1 heterocycles. The van der Waals surface area contributed by atoms with Crippen LogP contribution < -0.4 is 0 Å². The number of rotatable bonds is 5. The fraction of sp³-hybridized carbons (Fsp3) is 0.538. The Labute approximate surface area is 126 Å². The van der Waals surface area contributed by atoms with Crippen LogP contribution in [0.5, 0.6) is 0 Å². The Balaban J connectivity index is 1.91. The van der Waals surface area contributed by atoms with Gasteiger partial charge >= 0.3 is 0 Å². The molecule has 1 saturated carbocycles. The van der Waals surface area contributed by atoms with Gasteiger partial charge in [-0.3, -0.25) is 4.79 Å². The molecule has 1 amide bonds. The quantitative estimate of drug-likeness (QED) is 0.769. The maximum atomic E-state index is 12.2. The minimum Gasteiger partial charge on any atom is -0.340 e.